The first kappa shape index (κ1) is 11.4. The van der Waals surface area contributed by atoms with Gasteiger partial charge < -0.3 is 11.1 Å². The second-order valence-electron chi connectivity index (χ2n) is 3.87. The number of aryl methyl sites for hydroxylation is 1. The fourth-order valence-electron chi connectivity index (χ4n) is 1.66. The van der Waals surface area contributed by atoms with E-state index in [1.807, 2.05) is 6.07 Å². The quantitative estimate of drug-likeness (QED) is 0.848. The van der Waals surface area contributed by atoms with Gasteiger partial charge in [0.25, 0.3) is 0 Å². The number of nitrogens with zero attached hydrogens (tertiary/aromatic N) is 2. The minimum Gasteiger partial charge on any atom is -0.394 e. The van der Waals surface area contributed by atoms with Crippen LogP contribution in [0.4, 0.5) is 15.9 Å². The number of nitrogens with two attached hydrogens (primary N) is 1. The average Bonchev–Trinajstić information content (AvgIpc) is 2.60. The van der Waals surface area contributed by atoms with Crippen molar-refractivity contribution in [2.75, 3.05) is 17.6 Å². The molecule has 3 N–H and O–H groups in total. The van der Waals surface area contributed by atoms with Gasteiger partial charge in [-0.1, -0.05) is 18.2 Å². The fraction of sp³-hybridized carbons (Fsp3) is 0.250. The van der Waals surface area contributed by atoms with Gasteiger partial charge in [0.2, 0.25) is 0 Å². The molecule has 1 heterocycles. The summed E-state index contributed by atoms with van der Waals surface area (Å²) in [5, 5.41) is 7.24. The van der Waals surface area contributed by atoms with Crippen molar-refractivity contribution >= 4 is 11.5 Å². The van der Waals surface area contributed by atoms with E-state index in [0.29, 0.717) is 30.0 Å². The third-order valence-corrected chi connectivity index (χ3v) is 2.50. The number of nitrogen functional groups attached to an aromatic ring is 1. The lowest BCUT2D eigenvalue weighted by Gasteiger charge is -2.05. The number of benzene rings is 1. The molecule has 0 radical (unpaired) electrons. The Morgan fingerprint density at radius 3 is 2.82 bits per heavy atom. The normalized spacial score (nSPS) is 10.5. The molecule has 90 valence electrons. The summed E-state index contributed by atoms with van der Waals surface area (Å²) in [5.41, 5.74) is 7.02. The molecule has 4 nitrogen and oxygen atoms in total. The van der Waals surface area contributed by atoms with Crippen LogP contribution >= 0.6 is 0 Å². The predicted octanol–water partition coefficient (Wildman–Crippen LogP) is 1.80. The maximum Gasteiger partial charge on any atom is 0.171 e. The highest BCUT2D eigenvalue weighted by atomic mass is 19.1. The number of anilines is 2. The molecule has 17 heavy (non-hydrogen) atoms. The van der Waals surface area contributed by atoms with Crippen LogP contribution in [0.5, 0.6) is 0 Å². The van der Waals surface area contributed by atoms with Gasteiger partial charge in [-0.05, 0) is 18.1 Å². The number of hydrogen-bond donors (Lipinski definition) is 2. The van der Waals surface area contributed by atoms with Crippen molar-refractivity contribution < 1.29 is 4.39 Å². The molecule has 0 amide bonds. The van der Waals surface area contributed by atoms with Crippen molar-refractivity contribution in [2.45, 2.75) is 6.42 Å². The molecule has 0 spiro atoms. The molecule has 0 aliphatic heterocycles. The van der Waals surface area contributed by atoms with Gasteiger partial charge in [0.1, 0.15) is 5.82 Å². The number of rotatable bonds is 4. The van der Waals surface area contributed by atoms with Gasteiger partial charge in [-0.15, -0.1) is 0 Å². The largest absolute Gasteiger partial charge is 0.394 e. The Morgan fingerprint density at radius 1 is 1.41 bits per heavy atom. The van der Waals surface area contributed by atoms with Crippen molar-refractivity contribution in [1.29, 1.82) is 0 Å². The lowest BCUT2D eigenvalue weighted by atomic mass is 10.1. The molecular weight excluding hydrogens is 219 g/mol. The van der Waals surface area contributed by atoms with Crippen LogP contribution in [0.25, 0.3) is 0 Å². The smallest absolute Gasteiger partial charge is 0.171 e. The highest BCUT2D eigenvalue weighted by Gasteiger charge is 2.04. The topological polar surface area (TPSA) is 55.9 Å². The Kier molecular flexibility index (Phi) is 3.27. The number of nitrogens with one attached hydrogen (secondary N) is 1. The molecule has 0 bridgehead atoms. The monoisotopic (exact) mass is 234 g/mol. The van der Waals surface area contributed by atoms with Gasteiger partial charge in [0, 0.05) is 19.8 Å². The summed E-state index contributed by atoms with van der Waals surface area (Å²) in [6.07, 6.45) is 2.33. The van der Waals surface area contributed by atoms with E-state index in [9.17, 15) is 4.39 Å². The summed E-state index contributed by atoms with van der Waals surface area (Å²) in [7, 11) is 1.80. The van der Waals surface area contributed by atoms with Gasteiger partial charge >= 0.3 is 0 Å². The number of halogens is 1. The Bertz CT molecular complexity index is 507. The molecule has 1 aromatic heterocycles. The van der Waals surface area contributed by atoms with Crippen molar-refractivity contribution in [3.63, 3.8) is 0 Å². The Hall–Kier alpha value is -2.04. The van der Waals surface area contributed by atoms with Crippen LogP contribution in [0.2, 0.25) is 0 Å². The minimum atomic E-state index is -0.178. The van der Waals surface area contributed by atoms with Gasteiger partial charge in [-0.25, -0.2) is 4.39 Å². The van der Waals surface area contributed by atoms with E-state index < -0.39 is 0 Å². The highest BCUT2D eigenvalue weighted by molar-refractivity contribution is 5.59. The molecule has 0 aliphatic carbocycles. The lowest BCUT2D eigenvalue weighted by Crippen LogP contribution is -2.08. The van der Waals surface area contributed by atoms with Gasteiger partial charge in [-0.2, -0.15) is 5.10 Å². The van der Waals surface area contributed by atoms with Crippen LogP contribution in [0, 0.1) is 5.82 Å². The van der Waals surface area contributed by atoms with E-state index in [1.54, 1.807) is 30.1 Å². The summed E-state index contributed by atoms with van der Waals surface area (Å²) in [6.45, 7) is 0.599. The number of hydrogen-bond acceptors (Lipinski definition) is 3. The second kappa shape index (κ2) is 4.86. The van der Waals surface area contributed by atoms with Gasteiger partial charge in [0.15, 0.2) is 5.82 Å². The molecule has 0 atom stereocenters. The summed E-state index contributed by atoms with van der Waals surface area (Å²) < 4.78 is 15.0. The van der Waals surface area contributed by atoms with E-state index in [-0.39, 0.29) is 5.82 Å². The Morgan fingerprint density at radius 2 is 2.18 bits per heavy atom. The van der Waals surface area contributed by atoms with Gasteiger partial charge in [0.05, 0.1) is 5.69 Å². The van der Waals surface area contributed by atoms with Gasteiger partial charge in [-0.3, -0.25) is 4.68 Å². The first-order chi connectivity index (χ1) is 8.16. The lowest BCUT2D eigenvalue weighted by molar-refractivity contribution is 0.610. The fourth-order valence-corrected chi connectivity index (χ4v) is 1.66. The van der Waals surface area contributed by atoms with Crippen LogP contribution < -0.4 is 11.1 Å². The van der Waals surface area contributed by atoms with E-state index >= 15 is 0 Å². The molecule has 0 fully saturated rings. The van der Waals surface area contributed by atoms with Crippen LogP contribution in [0.1, 0.15) is 5.56 Å². The van der Waals surface area contributed by atoms with E-state index in [0.717, 1.165) is 0 Å². The van der Waals surface area contributed by atoms with E-state index in [2.05, 4.69) is 10.4 Å². The molecule has 0 aliphatic rings. The zero-order chi connectivity index (χ0) is 12.3. The molecule has 1 aromatic carbocycles. The van der Waals surface area contributed by atoms with Crippen molar-refractivity contribution in [3.8, 4) is 0 Å². The summed E-state index contributed by atoms with van der Waals surface area (Å²) in [6, 6.07) is 6.75. The van der Waals surface area contributed by atoms with Crippen LogP contribution in [0.15, 0.2) is 30.5 Å². The molecular formula is C12H15FN4. The molecule has 0 unspecified atom stereocenters. The minimum absolute atomic E-state index is 0.178. The van der Waals surface area contributed by atoms with Crippen LogP contribution in [-0.4, -0.2) is 16.3 Å². The summed E-state index contributed by atoms with van der Waals surface area (Å²) in [4.78, 5) is 0. The molecule has 2 rings (SSSR count). The Balaban J connectivity index is 1.92. The summed E-state index contributed by atoms with van der Waals surface area (Å²) in [5.74, 6) is 0.465. The Labute approximate surface area is 99.2 Å². The molecule has 0 saturated carbocycles. The average molecular weight is 234 g/mol. The maximum absolute atomic E-state index is 13.3. The second-order valence-corrected chi connectivity index (χ2v) is 3.87. The first-order valence-corrected chi connectivity index (χ1v) is 5.43. The molecule has 0 saturated heterocycles. The molecule has 5 heteroatoms. The zero-order valence-corrected chi connectivity index (χ0v) is 9.65. The molecule has 2 aromatic rings. The maximum atomic E-state index is 13.3. The van der Waals surface area contributed by atoms with Crippen LogP contribution in [-0.2, 0) is 13.5 Å². The highest BCUT2D eigenvalue weighted by Crippen LogP contribution is 2.14. The third-order valence-electron chi connectivity index (χ3n) is 2.50. The SMILES string of the molecule is Cn1cc(N)c(NCCc2ccccc2F)n1. The summed E-state index contributed by atoms with van der Waals surface area (Å²) >= 11 is 0. The predicted molar refractivity (Wildman–Crippen MR) is 66.2 cm³/mol. The number of aromatic nitrogens is 2. The van der Waals surface area contributed by atoms with E-state index in [4.69, 9.17) is 5.73 Å². The van der Waals surface area contributed by atoms with Crippen molar-refractivity contribution in [3.05, 3.63) is 41.8 Å². The van der Waals surface area contributed by atoms with Crippen molar-refractivity contribution in [2.24, 2.45) is 7.05 Å². The van der Waals surface area contributed by atoms with E-state index in [1.165, 1.54) is 6.07 Å². The standard InChI is InChI=1S/C12H15FN4/c1-17-8-11(14)12(16-17)15-7-6-9-4-2-3-5-10(9)13/h2-5,8H,6-7,14H2,1H3,(H,15,16). The first-order valence-electron chi connectivity index (χ1n) is 5.43. The van der Waals surface area contributed by atoms with Crippen LogP contribution in [0.3, 0.4) is 0 Å². The van der Waals surface area contributed by atoms with Crippen molar-refractivity contribution in [1.82, 2.24) is 9.78 Å². The third kappa shape index (κ3) is 2.75. The zero-order valence-electron chi connectivity index (χ0n) is 9.65.